The molecular formula is C22H31FN4O3. The lowest BCUT2D eigenvalue weighted by molar-refractivity contribution is -0.116. The number of amides is 1. The summed E-state index contributed by atoms with van der Waals surface area (Å²) < 4.78 is 25.6. The number of rotatable bonds is 6. The molecule has 2 heterocycles. The third-order valence-electron chi connectivity index (χ3n) is 4.93. The van der Waals surface area contributed by atoms with E-state index >= 15 is 0 Å². The van der Waals surface area contributed by atoms with Gasteiger partial charge in [0.25, 0.3) is 0 Å². The van der Waals surface area contributed by atoms with E-state index in [1.807, 2.05) is 39.5 Å². The van der Waals surface area contributed by atoms with Crippen LogP contribution in [-0.2, 0) is 21.4 Å². The first-order valence-electron chi connectivity index (χ1n) is 10.4. The number of aromatic nitrogens is 2. The van der Waals surface area contributed by atoms with Crippen molar-refractivity contribution in [2.24, 2.45) is 0 Å². The van der Waals surface area contributed by atoms with Crippen molar-refractivity contribution in [1.29, 1.82) is 0 Å². The van der Waals surface area contributed by atoms with Crippen molar-refractivity contribution in [2.75, 3.05) is 23.3 Å². The molecule has 1 aliphatic rings. The predicted octanol–water partition coefficient (Wildman–Crippen LogP) is 4.08. The van der Waals surface area contributed by atoms with Gasteiger partial charge in [0, 0.05) is 37.0 Å². The van der Waals surface area contributed by atoms with Crippen LogP contribution in [0.25, 0.3) is 0 Å². The Hall–Kier alpha value is -2.48. The van der Waals surface area contributed by atoms with Crippen LogP contribution in [0.1, 0.15) is 59.2 Å². The average molecular weight is 419 g/mol. The number of morpholine rings is 1. The second-order valence-electron chi connectivity index (χ2n) is 8.99. The fraction of sp³-hybridized carbons (Fsp3) is 0.591. The molecule has 1 fully saturated rings. The lowest BCUT2D eigenvalue weighted by Gasteiger charge is -2.37. The van der Waals surface area contributed by atoms with Crippen molar-refractivity contribution in [3.63, 3.8) is 0 Å². The van der Waals surface area contributed by atoms with Gasteiger partial charge in [0.15, 0.2) is 5.82 Å². The Labute approximate surface area is 177 Å². The van der Waals surface area contributed by atoms with E-state index in [0.717, 1.165) is 0 Å². The maximum Gasteiger partial charge on any atom is 0.226 e. The lowest BCUT2D eigenvalue weighted by atomic mass is 9.96. The highest BCUT2D eigenvalue weighted by Gasteiger charge is 2.24. The quantitative estimate of drug-likeness (QED) is 0.761. The van der Waals surface area contributed by atoms with E-state index < -0.39 is 0 Å². The van der Waals surface area contributed by atoms with E-state index in [-0.39, 0.29) is 35.8 Å². The van der Waals surface area contributed by atoms with Crippen LogP contribution in [-0.4, -0.2) is 41.3 Å². The van der Waals surface area contributed by atoms with Crippen molar-refractivity contribution >= 4 is 17.3 Å². The summed E-state index contributed by atoms with van der Waals surface area (Å²) in [6.45, 7) is 11.3. The largest absolute Gasteiger partial charge is 0.372 e. The summed E-state index contributed by atoms with van der Waals surface area (Å²) in [6.07, 6.45) is 1.48. The van der Waals surface area contributed by atoms with Crippen LogP contribution in [0, 0.1) is 5.82 Å². The van der Waals surface area contributed by atoms with E-state index in [4.69, 9.17) is 9.26 Å². The molecule has 2 atom stereocenters. The molecule has 0 radical (unpaired) electrons. The highest BCUT2D eigenvalue weighted by atomic mass is 19.1. The molecule has 0 bridgehead atoms. The number of hydrogen-bond acceptors (Lipinski definition) is 6. The first-order valence-corrected chi connectivity index (χ1v) is 10.4. The zero-order valence-electron chi connectivity index (χ0n) is 18.4. The van der Waals surface area contributed by atoms with Crippen LogP contribution in [0.5, 0.6) is 0 Å². The first-order chi connectivity index (χ1) is 14.1. The van der Waals surface area contributed by atoms with Crippen LogP contribution >= 0.6 is 0 Å². The normalized spacial score (nSPS) is 19.7. The van der Waals surface area contributed by atoms with Gasteiger partial charge in [-0.25, -0.2) is 4.39 Å². The second kappa shape index (κ2) is 9.12. The van der Waals surface area contributed by atoms with Crippen molar-refractivity contribution in [2.45, 2.75) is 71.5 Å². The van der Waals surface area contributed by atoms with E-state index in [0.29, 0.717) is 49.0 Å². The van der Waals surface area contributed by atoms with Gasteiger partial charge in [0.2, 0.25) is 11.8 Å². The summed E-state index contributed by atoms with van der Waals surface area (Å²) in [5, 5.41) is 6.74. The summed E-state index contributed by atoms with van der Waals surface area (Å²) in [7, 11) is 0. The number of nitrogens with zero attached hydrogens (tertiary/aromatic N) is 3. The highest BCUT2D eigenvalue weighted by molar-refractivity contribution is 5.90. The topological polar surface area (TPSA) is 80.5 Å². The molecule has 1 amide bonds. The third kappa shape index (κ3) is 5.78. The van der Waals surface area contributed by atoms with E-state index in [9.17, 15) is 9.18 Å². The van der Waals surface area contributed by atoms with Gasteiger partial charge in [0.1, 0.15) is 5.82 Å². The maximum absolute atomic E-state index is 14.6. The lowest BCUT2D eigenvalue weighted by Crippen LogP contribution is -2.45. The molecule has 7 nitrogen and oxygen atoms in total. The van der Waals surface area contributed by atoms with Crippen molar-refractivity contribution in [1.82, 2.24) is 10.1 Å². The van der Waals surface area contributed by atoms with Gasteiger partial charge in [0.05, 0.1) is 17.9 Å². The Morgan fingerprint density at radius 1 is 1.27 bits per heavy atom. The smallest absolute Gasteiger partial charge is 0.226 e. The number of halogens is 1. The summed E-state index contributed by atoms with van der Waals surface area (Å²) in [4.78, 5) is 18.6. The first kappa shape index (κ1) is 22.2. The fourth-order valence-corrected chi connectivity index (χ4v) is 3.50. The van der Waals surface area contributed by atoms with Gasteiger partial charge >= 0.3 is 0 Å². The molecule has 0 saturated carbocycles. The summed E-state index contributed by atoms with van der Waals surface area (Å²) in [5.74, 6) is 0.652. The number of carbonyl (C=O) groups is 1. The number of nitrogens with one attached hydrogen (secondary N) is 1. The molecular weight excluding hydrogens is 387 g/mol. The van der Waals surface area contributed by atoms with Gasteiger partial charge in [-0.05, 0) is 38.5 Å². The molecule has 3 rings (SSSR count). The van der Waals surface area contributed by atoms with E-state index in [2.05, 4.69) is 15.5 Å². The zero-order chi connectivity index (χ0) is 21.9. The fourth-order valence-electron chi connectivity index (χ4n) is 3.50. The SMILES string of the molecule is CC1CN(c2ccc(NC(=O)CCCc3nc(C(C)(C)C)no3)cc2F)CC(C)O1. The summed E-state index contributed by atoms with van der Waals surface area (Å²) in [6, 6.07) is 4.81. The summed E-state index contributed by atoms with van der Waals surface area (Å²) >= 11 is 0. The molecule has 0 aliphatic carbocycles. The molecule has 0 spiro atoms. The third-order valence-corrected chi connectivity index (χ3v) is 4.93. The zero-order valence-corrected chi connectivity index (χ0v) is 18.4. The van der Waals surface area contributed by atoms with Crippen LogP contribution in [0.3, 0.4) is 0 Å². The van der Waals surface area contributed by atoms with E-state index in [1.54, 1.807) is 12.1 Å². The monoisotopic (exact) mass is 418 g/mol. The molecule has 2 unspecified atom stereocenters. The van der Waals surface area contributed by atoms with Gasteiger partial charge in [-0.3, -0.25) is 4.79 Å². The van der Waals surface area contributed by atoms with Crippen LogP contribution in [0.4, 0.5) is 15.8 Å². The second-order valence-corrected chi connectivity index (χ2v) is 8.99. The number of aryl methyl sites for hydroxylation is 1. The van der Waals surface area contributed by atoms with E-state index in [1.165, 1.54) is 6.07 Å². The molecule has 164 valence electrons. The molecule has 2 aromatic rings. The average Bonchev–Trinajstić information content (AvgIpc) is 3.10. The van der Waals surface area contributed by atoms with Crippen LogP contribution in [0.2, 0.25) is 0 Å². The Kier molecular flexibility index (Phi) is 6.75. The van der Waals surface area contributed by atoms with Crippen LogP contribution in [0.15, 0.2) is 22.7 Å². The molecule has 1 aromatic carbocycles. The standard InChI is InChI=1S/C22H31FN4O3/c1-14-12-27(13-15(2)29-14)18-10-9-16(11-17(18)23)24-19(28)7-6-8-20-25-21(26-30-20)22(3,4)5/h9-11,14-15H,6-8,12-13H2,1-5H3,(H,24,28). The minimum Gasteiger partial charge on any atom is -0.372 e. The Morgan fingerprint density at radius 2 is 1.97 bits per heavy atom. The number of benzene rings is 1. The Morgan fingerprint density at radius 3 is 2.57 bits per heavy atom. The van der Waals surface area contributed by atoms with Crippen LogP contribution < -0.4 is 10.2 Å². The molecule has 8 heteroatoms. The van der Waals surface area contributed by atoms with Gasteiger partial charge < -0.3 is 19.5 Å². The molecule has 1 N–H and O–H groups in total. The number of anilines is 2. The van der Waals surface area contributed by atoms with Crippen molar-refractivity contribution in [3.8, 4) is 0 Å². The van der Waals surface area contributed by atoms with Crippen molar-refractivity contribution < 1.29 is 18.4 Å². The summed E-state index contributed by atoms with van der Waals surface area (Å²) in [5.41, 5.74) is 0.802. The number of carbonyl (C=O) groups excluding carboxylic acids is 1. The molecule has 1 aliphatic heterocycles. The van der Waals surface area contributed by atoms with Crippen molar-refractivity contribution in [3.05, 3.63) is 35.7 Å². The van der Waals surface area contributed by atoms with Gasteiger partial charge in [-0.2, -0.15) is 4.98 Å². The molecule has 1 saturated heterocycles. The Bertz CT molecular complexity index is 868. The molecule has 1 aromatic heterocycles. The van der Waals surface area contributed by atoms with Gasteiger partial charge in [-0.15, -0.1) is 0 Å². The minimum atomic E-state index is -0.352. The highest BCUT2D eigenvalue weighted by Crippen LogP contribution is 2.26. The Balaban J connectivity index is 1.50. The van der Waals surface area contributed by atoms with Gasteiger partial charge in [-0.1, -0.05) is 25.9 Å². The molecule has 30 heavy (non-hydrogen) atoms. The minimum absolute atomic E-state index is 0.0471. The number of ether oxygens (including phenoxy) is 1. The maximum atomic E-state index is 14.6. The predicted molar refractivity (Wildman–Crippen MR) is 113 cm³/mol. The number of hydrogen-bond donors (Lipinski definition) is 1.